The summed E-state index contributed by atoms with van der Waals surface area (Å²) in [6, 6.07) is 9.22. The van der Waals surface area contributed by atoms with Gasteiger partial charge in [-0.1, -0.05) is 18.2 Å². The average Bonchev–Trinajstić information content (AvgIpc) is 3.40. The monoisotopic (exact) mass is 423 g/mol. The van der Waals surface area contributed by atoms with Gasteiger partial charge in [-0.2, -0.15) is 11.3 Å². The van der Waals surface area contributed by atoms with Gasteiger partial charge in [-0.15, -0.1) is 0 Å². The van der Waals surface area contributed by atoms with Gasteiger partial charge in [0.1, 0.15) is 0 Å². The molecule has 30 heavy (non-hydrogen) atoms. The predicted octanol–water partition coefficient (Wildman–Crippen LogP) is 4.30. The molecule has 1 aliphatic heterocycles. The molecule has 3 N–H and O–H groups in total. The summed E-state index contributed by atoms with van der Waals surface area (Å²) in [5.41, 5.74) is 5.32. The van der Waals surface area contributed by atoms with Crippen molar-refractivity contribution in [3.05, 3.63) is 57.9 Å². The standard InChI is InChI=1S/C24H33N5S/c1-3-25-24(26-11-7-20-15-27-23-18(2)5-4-6-22(20)23)28-21-8-12-29(13-9-21)16-19-10-14-30-17-19/h4-6,10,14-15,17,21,27H,3,7-9,11-13,16H2,1-2H3,(H2,25,26,28). The first-order valence-electron chi connectivity index (χ1n) is 11.1. The second-order valence-electron chi connectivity index (χ2n) is 8.15. The van der Waals surface area contributed by atoms with Crippen molar-refractivity contribution in [1.29, 1.82) is 0 Å². The molecule has 0 spiro atoms. The number of aliphatic imine (C=N–C) groups is 1. The molecule has 160 valence electrons. The van der Waals surface area contributed by atoms with Gasteiger partial charge in [0.15, 0.2) is 5.96 Å². The Labute approximate surface area is 183 Å². The van der Waals surface area contributed by atoms with E-state index < -0.39 is 0 Å². The Balaban J connectivity index is 1.29. The van der Waals surface area contributed by atoms with E-state index in [0.29, 0.717) is 6.04 Å². The van der Waals surface area contributed by atoms with E-state index in [0.717, 1.165) is 57.9 Å². The van der Waals surface area contributed by atoms with Crippen LogP contribution in [0.2, 0.25) is 0 Å². The highest BCUT2D eigenvalue weighted by Gasteiger charge is 2.20. The maximum atomic E-state index is 4.86. The number of benzene rings is 1. The topological polar surface area (TPSA) is 55.5 Å². The van der Waals surface area contributed by atoms with Crippen LogP contribution in [-0.4, -0.2) is 48.1 Å². The van der Waals surface area contributed by atoms with E-state index in [1.807, 2.05) is 0 Å². The van der Waals surface area contributed by atoms with Crippen LogP contribution in [0.4, 0.5) is 0 Å². The molecular weight excluding hydrogens is 390 g/mol. The van der Waals surface area contributed by atoms with Gasteiger partial charge in [-0.25, -0.2) is 0 Å². The number of H-pyrrole nitrogens is 1. The molecule has 0 unspecified atom stereocenters. The zero-order valence-electron chi connectivity index (χ0n) is 18.1. The van der Waals surface area contributed by atoms with E-state index in [9.17, 15) is 0 Å². The minimum absolute atomic E-state index is 0.497. The van der Waals surface area contributed by atoms with Crippen LogP contribution in [0.15, 0.2) is 46.2 Å². The van der Waals surface area contributed by atoms with Gasteiger partial charge in [0, 0.05) is 55.9 Å². The van der Waals surface area contributed by atoms with Crippen molar-refractivity contribution in [3.8, 4) is 0 Å². The minimum atomic E-state index is 0.497. The van der Waals surface area contributed by atoms with Gasteiger partial charge in [0.2, 0.25) is 0 Å². The van der Waals surface area contributed by atoms with Crippen LogP contribution in [0.5, 0.6) is 0 Å². The molecule has 0 bridgehead atoms. The molecule has 6 heteroatoms. The Morgan fingerprint density at radius 1 is 1.27 bits per heavy atom. The smallest absolute Gasteiger partial charge is 0.191 e. The first kappa shape index (κ1) is 20.9. The predicted molar refractivity (Wildman–Crippen MR) is 128 cm³/mol. The Kier molecular flexibility index (Phi) is 7.07. The third-order valence-electron chi connectivity index (χ3n) is 5.92. The highest BCUT2D eigenvalue weighted by atomic mass is 32.1. The largest absolute Gasteiger partial charge is 0.361 e. The van der Waals surface area contributed by atoms with Crippen molar-refractivity contribution in [1.82, 2.24) is 20.5 Å². The lowest BCUT2D eigenvalue weighted by molar-refractivity contribution is 0.198. The number of aromatic amines is 1. The third kappa shape index (κ3) is 5.24. The second-order valence-corrected chi connectivity index (χ2v) is 8.93. The van der Waals surface area contributed by atoms with Crippen molar-refractivity contribution >= 4 is 28.2 Å². The molecule has 1 fully saturated rings. The number of piperidine rings is 1. The van der Waals surface area contributed by atoms with Crippen LogP contribution in [0.3, 0.4) is 0 Å². The van der Waals surface area contributed by atoms with E-state index >= 15 is 0 Å². The molecule has 0 amide bonds. The molecule has 0 aliphatic carbocycles. The molecular formula is C24H33N5S. The number of aromatic nitrogens is 1. The fourth-order valence-electron chi connectivity index (χ4n) is 4.25. The Hall–Kier alpha value is -2.31. The highest BCUT2D eigenvalue weighted by Crippen LogP contribution is 2.21. The summed E-state index contributed by atoms with van der Waals surface area (Å²) in [6.45, 7) is 9.31. The van der Waals surface area contributed by atoms with Crippen LogP contribution in [0.25, 0.3) is 10.9 Å². The molecule has 1 aliphatic rings. The summed E-state index contributed by atoms with van der Waals surface area (Å²) in [5, 5.41) is 12.8. The third-order valence-corrected chi connectivity index (χ3v) is 6.65. The number of nitrogens with zero attached hydrogens (tertiary/aromatic N) is 2. The summed E-state index contributed by atoms with van der Waals surface area (Å²) >= 11 is 1.79. The normalized spacial score (nSPS) is 16.3. The van der Waals surface area contributed by atoms with E-state index in [1.54, 1.807) is 11.3 Å². The summed E-state index contributed by atoms with van der Waals surface area (Å²) in [7, 11) is 0. The number of fused-ring (bicyclic) bond motifs is 1. The number of nitrogens with one attached hydrogen (secondary N) is 3. The first-order valence-corrected chi connectivity index (χ1v) is 12.0. The first-order chi connectivity index (χ1) is 14.7. The number of rotatable bonds is 7. The fourth-order valence-corrected chi connectivity index (χ4v) is 4.91. The zero-order valence-corrected chi connectivity index (χ0v) is 18.9. The Bertz CT molecular complexity index is 951. The molecule has 0 atom stereocenters. The van der Waals surface area contributed by atoms with Crippen LogP contribution in [0, 0.1) is 6.92 Å². The molecule has 1 aromatic carbocycles. The minimum Gasteiger partial charge on any atom is -0.361 e. The zero-order chi connectivity index (χ0) is 20.8. The Morgan fingerprint density at radius 3 is 2.90 bits per heavy atom. The second kappa shape index (κ2) is 10.1. The molecule has 2 aromatic heterocycles. The summed E-state index contributed by atoms with van der Waals surface area (Å²) in [6.07, 6.45) is 5.41. The lowest BCUT2D eigenvalue weighted by atomic mass is 10.0. The fraction of sp³-hybridized carbons (Fsp3) is 0.458. The highest BCUT2D eigenvalue weighted by molar-refractivity contribution is 7.07. The van der Waals surface area contributed by atoms with Crippen LogP contribution < -0.4 is 10.6 Å². The molecule has 0 saturated carbocycles. The van der Waals surface area contributed by atoms with Crippen molar-refractivity contribution in [2.24, 2.45) is 4.99 Å². The van der Waals surface area contributed by atoms with Crippen LogP contribution in [-0.2, 0) is 13.0 Å². The van der Waals surface area contributed by atoms with E-state index in [-0.39, 0.29) is 0 Å². The van der Waals surface area contributed by atoms with Crippen molar-refractivity contribution in [2.75, 3.05) is 26.2 Å². The van der Waals surface area contributed by atoms with Gasteiger partial charge in [-0.3, -0.25) is 9.89 Å². The van der Waals surface area contributed by atoms with E-state index in [4.69, 9.17) is 4.99 Å². The SMILES string of the molecule is CCNC(=NCCc1c[nH]c2c(C)cccc12)NC1CCN(Cc2ccsc2)CC1. The van der Waals surface area contributed by atoms with E-state index in [2.05, 4.69) is 75.6 Å². The lowest BCUT2D eigenvalue weighted by Gasteiger charge is -2.33. The van der Waals surface area contributed by atoms with Gasteiger partial charge in [0.05, 0.1) is 0 Å². The van der Waals surface area contributed by atoms with Crippen LogP contribution in [0.1, 0.15) is 36.5 Å². The van der Waals surface area contributed by atoms with Gasteiger partial charge >= 0.3 is 0 Å². The maximum absolute atomic E-state index is 4.86. The van der Waals surface area contributed by atoms with Gasteiger partial charge in [-0.05, 0) is 66.6 Å². The number of hydrogen-bond acceptors (Lipinski definition) is 3. The summed E-state index contributed by atoms with van der Waals surface area (Å²) < 4.78 is 0. The van der Waals surface area contributed by atoms with E-state index in [1.165, 1.54) is 27.6 Å². The number of aryl methyl sites for hydroxylation is 1. The van der Waals surface area contributed by atoms with Crippen molar-refractivity contribution in [3.63, 3.8) is 0 Å². The van der Waals surface area contributed by atoms with Gasteiger partial charge in [0.25, 0.3) is 0 Å². The van der Waals surface area contributed by atoms with Crippen molar-refractivity contribution < 1.29 is 0 Å². The lowest BCUT2D eigenvalue weighted by Crippen LogP contribution is -2.48. The number of likely N-dealkylation sites (tertiary alicyclic amines) is 1. The maximum Gasteiger partial charge on any atom is 0.191 e. The average molecular weight is 424 g/mol. The molecule has 3 aromatic rings. The number of thiophene rings is 1. The number of hydrogen-bond donors (Lipinski definition) is 3. The Morgan fingerprint density at radius 2 is 2.13 bits per heavy atom. The quantitative estimate of drug-likeness (QED) is 0.392. The number of para-hydroxylation sites is 1. The summed E-state index contributed by atoms with van der Waals surface area (Å²) in [5.74, 6) is 0.949. The van der Waals surface area contributed by atoms with Crippen LogP contribution >= 0.6 is 11.3 Å². The molecule has 5 nitrogen and oxygen atoms in total. The molecule has 0 radical (unpaired) electrons. The molecule has 3 heterocycles. The van der Waals surface area contributed by atoms with Gasteiger partial charge < -0.3 is 15.6 Å². The van der Waals surface area contributed by atoms with Crippen molar-refractivity contribution in [2.45, 2.75) is 45.7 Å². The molecule has 1 saturated heterocycles. The molecule has 4 rings (SSSR count). The summed E-state index contributed by atoms with van der Waals surface area (Å²) in [4.78, 5) is 10.8. The number of guanidine groups is 1.